The van der Waals surface area contributed by atoms with Crippen molar-refractivity contribution in [1.29, 1.82) is 5.26 Å². The van der Waals surface area contributed by atoms with Crippen molar-refractivity contribution in [2.75, 3.05) is 5.32 Å². The maximum Gasteiger partial charge on any atom is 0.236 e. The Hall–Kier alpha value is -3.40. The molecule has 0 spiro atoms. The fourth-order valence-corrected chi connectivity index (χ4v) is 1.98. The number of hydrogen-bond acceptors (Lipinski definition) is 6. The molecular formula is C17H13FN4O2. The molecule has 0 aliphatic carbocycles. The van der Waals surface area contributed by atoms with Crippen LogP contribution in [-0.4, -0.2) is 9.97 Å². The maximum absolute atomic E-state index is 12.8. The van der Waals surface area contributed by atoms with Crippen LogP contribution in [0.15, 0.2) is 53.2 Å². The Morgan fingerprint density at radius 1 is 1.17 bits per heavy atom. The largest absolute Gasteiger partial charge is 0.484 e. The summed E-state index contributed by atoms with van der Waals surface area (Å²) in [4.78, 5) is 8.01. The van der Waals surface area contributed by atoms with Gasteiger partial charge in [-0.1, -0.05) is 0 Å². The lowest BCUT2D eigenvalue weighted by Crippen LogP contribution is -1.99. The summed E-state index contributed by atoms with van der Waals surface area (Å²) in [6, 6.07) is 11.3. The molecule has 7 heteroatoms. The summed E-state index contributed by atoms with van der Waals surface area (Å²) in [6.45, 7) is 0.516. The number of nitrogens with one attached hydrogen (secondary N) is 1. The molecule has 3 rings (SSSR count). The summed E-state index contributed by atoms with van der Waals surface area (Å²) in [5.74, 6) is 0.687. The van der Waals surface area contributed by atoms with Gasteiger partial charge < -0.3 is 14.5 Å². The zero-order valence-corrected chi connectivity index (χ0v) is 12.6. The molecule has 120 valence electrons. The van der Waals surface area contributed by atoms with Gasteiger partial charge in [-0.25, -0.2) is 4.39 Å². The van der Waals surface area contributed by atoms with Crippen LogP contribution in [0.25, 0.3) is 0 Å². The molecule has 0 aliphatic rings. The average Bonchev–Trinajstić information content (AvgIpc) is 3.03. The Morgan fingerprint density at radius 3 is 2.62 bits per heavy atom. The maximum atomic E-state index is 12.8. The molecule has 0 atom stereocenters. The molecule has 0 saturated heterocycles. The van der Waals surface area contributed by atoms with Crippen LogP contribution in [0.4, 0.5) is 10.3 Å². The van der Waals surface area contributed by atoms with E-state index >= 15 is 0 Å². The second-order valence-corrected chi connectivity index (χ2v) is 4.85. The number of nitrogens with zero attached hydrogens (tertiary/aromatic N) is 3. The van der Waals surface area contributed by atoms with E-state index in [4.69, 9.17) is 14.4 Å². The van der Waals surface area contributed by atoms with Crippen molar-refractivity contribution in [2.24, 2.45) is 0 Å². The van der Waals surface area contributed by atoms with Crippen molar-refractivity contribution in [2.45, 2.75) is 13.2 Å². The van der Waals surface area contributed by atoms with E-state index in [9.17, 15) is 4.39 Å². The number of aromatic nitrogens is 2. The molecule has 0 unspecified atom stereocenters. The van der Waals surface area contributed by atoms with Gasteiger partial charge in [0.25, 0.3) is 0 Å². The first-order chi connectivity index (χ1) is 11.7. The summed E-state index contributed by atoms with van der Waals surface area (Å²) < 4.78 is 23.8. The summed E-state index contributed by atoms with van der Waals surface area (Å²) >= 11 is 0. The number of pyridine rings is 1. The van der Waals surface area contributed by atoms with Crippen molar-refractivity contribution >= 4 is 5.88 Å². The highest BCUT2D eigenvalue weighted by Gasteiger charge is 2.13. The Balaban J connectivity index is 1.64. The molecule has 0 saturated carbocycles. The fraction of sp³-hybridized carbons (Fsp3) is 0.118. The van der Waals surface area contributed by atoms with Gasteiger partial charge in [0.15, 0.2) is 6.61 Å². The number of rotatable bonds is 6. The second kappa shape index (κ2) is 7.24. The van der Waals surface area contributed by atoms with E-state index in [1.807, 2.05) is 18.2 Å². The lowest BCUT2D eigenvalue weighted by molar-refractivity contribution is 0.264. The van der Waals surface area contributed by atoms with Gasteiger partial charge in [-0.05, 0) is 42.0 Å². The zero-order chi connectivity index (χ0) is 16.8. The van der Waals surface area contributed by atoms with Gasteiger partial charge in [0.05, 0.1) is 0 Å². The first-order valence-electron chi connectivity index (χ1n) is 7.15. The minimum atomic E-state index is -0.340. The van der Waals surface area contributed by atoms with E-state index in [1.165, 1.54) is 24.3 Å². The standard InChI is InChI=1S/C17H13FN4O2/c18-13-1-3-14(4-2-13)23-11-16-22-15(9-19)17(24-16)21-10-12-5-7-20-8-6-12/h1-8,21H,10-11H2. The molecular weight excluding hydrogens is 311 g/mol. The number of oxazole rings is 1. The first-order valence-corrected chi connectivity index (χ1v) is 7.15. The number of nitriles is 1. The van der Waals surface area contributed by atoms with Gasteiger partial charge in [0, 0.05) is 18.9 Å². The lowest BCUT2D eigenvalue weighted by atomic mass is 10.3. The fourth-order valence-electron chi connectivity index (χ4n) is 1.98. The quantitative estimate of drug-likeness (QED) is 0.749. The number of benzene rings is 1. The predicted octanol–water partition coefficient (Wildman–Crippen LogP) is 3.27. The molecule has 1 aromatic carbocycles. The smallest absolute Gasteiger partial charge is 0.236 e. The van der Waals surface area contributed by atoms with E-state index in [1.54, 1.807) is 12.4 Å². The molecule has 0 bridgehead atoms. The van der Waals surface area contributed by atoms with Gasteiger partial charge >= 0.3 is 0 Å². The van der Waals surface area contributed by atoms with Gasteiger partial charge in [-0.3, -0.25) is 4.98 Å². The highest BCUT2D eigenvalue weighted by atomic mass is 19.1. The zero-order valence-electron chi connectivity index (χ0n) is 12.6. The van der Waals surface area contributed by atoms with Crippen LogP contribution >= 0.6 is 0 Å². The Morgan fingerprint density at radius 2 is 1.92 bits per heavy atom. The van der Waals surface area contributed by atoms with Crippen LogP contribution in [0.2, 0.25) is 0 Å². The van der Waals surface area contributed by atoms with E-state index < -0.39 is 0 Å². The molecule has 0 radical (unpaired) electrons. The van der Waals surface area contributed by atoms with Gasteiger partial charge in [0.2, 0.25) is 17.5 Å². The Kier molecular flexibility index (Phi) is 4.68. The molecule has 0 fully saturated rings. The Labute approximate surface area is 137 Å². The summed E-state index contributed by atoms with van der Waals surface area (Å²) in [6.07, 6.45) is 3.37. The molecule has 24 heavy (non-hydrogen) atoms. The number of ether oxygens (including phenoxy) is 1. The first kappa shape index (κ1) is 15.5. The van der Waals surface area contributed by atoms with Crippen LogP contribution in [-0.2, 0) is 13.2 Å². The Bertz CT molecular complexity index is 841. The summed E-state index contributed by atoms with van der Waals surface area (Å²) in [7, 11) is 0. The third kappa shape index (κ3) is 3.87. The molecule has 0 aliphatic heterocycles. The average molecular weight is 324 g/mol. The molecule has 1 N–H and O–H groups in total. The van der Waals surface area contributed by atoms with Crippen molar-refractivity contribution in [3.8, 4) is 11.8 Å². The van der Waals surface area contributed by atoms with E-state index in [2.05, 4.69) is 15.3 Å². The number of hydrogen-bond donors (Lipinski definition) is 1. The minimum Gasteiger partial charge on any atom is -0.484 e. The van der Waals surface area contributed by atoms with E-state index in [0.29, 0.717) is 12.3 Å². The minimum absolute atomic E-state index is 0.0389. The van der Waals surface area contributed by atoms with Crippen molar-refractivity contribution < 1.29 is 13.5 Å². The molecule has 2 heterocycles. The lowest BCUT2D eigenvalue weighted by Gasteiger charge is -2.03. The highest BCUT2D eigenvalue weighted by Crippen LogP contribution is 2.19. The monoisotopic (exact) mass is 324 g/mol. The SMILES string of the molecule is N#Cc1nc(COc2ccc(F)cc2)oc1NCc1ccncc1. The van der Waals surface area contributed by atoms with Crippen molar-refractivity contribution in [1.82, 2.24) is 9.97 Å². The number of anilines is 1. The van der Waals surface area contributed by atoms with E-state index in [-0.39, 0.29) is 29.9 Å². The molecule has 0 amide bonds. The third-order valence-corrected chi connectivity index (χ3v) is 3.16. The van der Waals surface area contributed by atoms with Crippen LogP contribution in [0.5, 0.6) is 5.75 Å². The van der Waals surface area contributed by atoms with E-state index in [0.717, 1.165) is 5.56 Å². The van der Waals surface area contributed by atoms with Crippen molar-refractivity contribution in [3.63, 3.8) is 0 Å². The summed E-state index contributed by atoms with van der Waals surface area (Å²) in [5.41, 5.74) is 1.15. The molecule has 6 nitrogen and oxygen atoms in total. The molecule has 3 aromatic rings. The topological polar surface area (TPSA) is 84.0 Å². The summed E-state index contributed by atoms with van der Waals surface area (Å²) in [5, 5.41) is 12.2. The van der Waals surface area contributed by atoms with Crippen molar-refractivity contribution in [3.05, 3.63) is 71.8 Å². The predicted molar refractivity (Wildman–Crippen MR) is 83.5 cm³/mol. The van der Waals surface area contributed by atoms with Gasteiger partial charge in [-0.15, -0.1) is 0 Å². The van der Waals surface area contributed by atoms with Crippen LogP contribution in [0.1, 0.15) is 17.1 Å². The normalized spacial score (nSPS) is 10.2. The van der Waals surface area contributed by atoms with Gasteiger partial charge in [-0.2, -0.15) is 10.2 Å². The third-order valence-electron chi connectivity index (χ3n) is 3.16. The highest BCUT2D eigenvalue weighted by molar-refractivity contribution is 5.45. The van der Waals surface area contributed by atoms with Gasteiger partial charge in [0.1, 0.15) is 17.6 Å². The van der Waals surface area contributed by atoms with Crippen LogP contribution in [0, 0.1) is 17.1 Å². The number of halogens is 1. The molecule has 2 aromatic heterocycles. The second-order valence-electron chi connectivity index (χ2n) is 4.85. The van der Waals surface area contributed by atoms with Crippen LogP contribution in [0.3, 0.4) is 0 Å². The van der Waals surface area contributed by atoms with Crippen LogP contribution < -0.4 is 10.1 Å².